The van der Waals surface area contributed by atoms with E-state index in [9.17, 15) is 0 Å². The van der Waals surface area contributed by atoms with Crippen LogP contribution in [0, 0.1) is 11.8 Å². The van der Waals surface area contributed by atoms with Gasteiger partial charge in [0.1, 0.15) is 0 Å². The third-order valence-electron chi connectivity index (χ3n) is 0. The molecule has 0 aliphatic rings. The average Bonchev–Trinajstić information content (AvgIpc) is 1.00. The van der Waals surface area contributed by atoms with Crippen molar-refractivity contribution >= 4 is 0 Å². The zero-order valence-corrected chi connectivity index (χ0v) is 7.02. The largest absolute Gasteiger partial charge is 1.00 e. The summed E-state index contributed by atoms with van der Waals surface area (Å²) in [6.07, 6.45) is 0. The van der Waals surface area contributed by atoms with E-state index in [2.05, 4.69) is 6.57 Å². The van der Waals surface area contributed by atoms with Crippen LogP contribution in [0.15, 0.2) is 0 Å². The second kappa shape index (κ2) is 24.6. The molecule has 0 heterocycles. The Labute approximate surface area is 72.9 Å². The minimum atomic E-state index is 0. The summed E-state index contributed by atoms with van der Waals surface area (Å²) in [7, 11) is 0. The van der Waals surface area contributed by atoms with Crippen LogP contribution in [-0.4, -0.2) is 0 Å². The van der Waals surface area contributed by atoms with Crippen molar-refractivity contribution < 1.29 is 62.0 Å². The van der Waals surface area contributed by atoms with Gasteiger partial charge in [-0.3, -0.25) is 0 Å². The average molecular weight is 75.0 g/mol. The maximum absolute atomic E-state index is 6.50. The van der Waals surface area contributed by atoms with E-state index in [1.54, 1.807) is 0 Å². The Kier molecular flexibility index (Phi) is 110. The van der Waals surface area contributed by atoms with E-state index < -0.39 is 0 Å². The van der Waals surface area contributed by atoms with Gasteiger partial charge >= 0.3 is 59.1 Å². The van der Waals surface area contributed by atoms with Crippen LogP contribution in [0.25, 0.3) is 0 Å². The Hall–Kier alpha value is 1.49. The molecule has 3 heteroatoms. The smallest absolute Gasteiger partial charge is 1.00 e. The topological polar surface area (TPSA) is 23.8 Å². The van der Waals surface area contributed by atoms with Gasteiger partial charge in [-0.25, -0.2) is 5.26 Å². The van der Waals surface area contributed by atoms with E-state index in [1.165, 1.54) is 0 Å². The van der Waals surface area contributed by atoms with Gasteiger partial charge in [0.25, 0.3) is 0 Å². The molecule has 0 aromatic heterocycles. The molecule has 0 aromatic carbocycles. The molecule has 0 aromatic rings. The third-order valence-corrected chi connectivity index (χ3v) is 0. The molecule has 0 rings (SSSR count). The molecule has 0 atom stereocenters. The molecule has 0 N–H and O–H groups in total. The van der Waals surface area contributed by atoms with Gasteiger partial charge in [0.2, 0.25) is 0 Å². The van der Waals surface area contributed by atoms with Crippen molar-refractivity contribution in [1.82, 2.24) is 0 Å². The van der Waals surface area contributed by atoms with Crippen LogP contribution in [-0.2, 0) is 0 Å². The van der Waals surface area contributed by atoms with Crippen LogP contribution in [0.5, 0.6) is 0 Å². The number of nitrogens with zero attached hydrogens (tertiary/aromatic N) is 1. The van der Waals surface area contributed by atoms with E-state index in [4.69, 9.17) is 5.26 Å². The zero-order chi connectivity index (χ0) is 2.00. The maximum atomic E-state index is 6.50. The van der Waals surface area contributed by atoms with E-state index in [1.807, 2.05) is 0 Å². The summed E-state index contributed by atoms with van der Waals surface area (Å²) in [6.45, 7) is 3.50. The quantitative estimate of drug-likeness (QED) is 0.263. The van der Waals surface area contributed by atoms with E-state index >= 15 is 0 Å². The molecule has 1 nitrogen and oxygen atoms in total. The van der Waals surface area contributed by atoms with Gasteiger partial charge in [-0.1, -0.05) is 0 Å². The van der Waals surface area contributed by atoms with Gasteiger partial charge in [0.15, 0.2) is 0 Å². The Morgan fingerprint density at radius 2 is 1.25 bits per heavy atom. The standard InChI is InChI=1S/CHN.2Na.2H/c1-2;;;;/h1H;;;;/q;2*+1;2*-1. The van der Waals surface area contributed by atoms with Crippen LogP contribution >= 0.6 is 0 Å². The first-order valence-electron chi connectivity index (χ1n) is 0.258. The zero-order valence-electron chi connectivity index (χ0n) is 5.02. The van der Waals surface area contributed by atoms with Crippen molar-refractivity contribution in [3.63, 3.8) is 0 Å². The summed E-state index contributed by atoms with van der Waals surface area (Å²) in [4.78, 5) is 0. The number of hydrogen-bond donors (Lipinski definition) is 0. The number of nitriles is 1. The van der Waals surface area contributed by atoms with Crippen LogP contribution in [0.3, 0.4) is 0 Å². The summed E-state index contributed by atoms with van der Waals surface area (Å²) < 4.78 is 0. The minimum Gasteiger partial charge on any atom is -1.00 e. The van der Waals surface area contributed by atoms with Crippen molar-refractivity contribution in [3.8, 4) is 6.57 Å². The van der Waals surface area contributed by atoms with E-state index in [0.29, 0.717) is 0 Å². The SMILES string of the molecule is C#N.[H-].[H-].[Na+].[Na+]. The van der Waals surface area contributed by atoms with Crippen molar-refractivity contribution in [2.24, 2.45) is 0 Å². The first kappa shape index (κ1) is 17.9. The van der Waals surface area contributed by atoms with Crippen LogP contribution < -0.4 is 59.1 Å². The number of hydrogen-bond acceptors (Lipinski definition) is 1. The fourth-order valence-electron chi connectivity index (χ4n) is 0. The summed E-state index contributed by atoms with van der Waals surface area (Å²) in [5.74, 6) is 0. The second-order valence-electron chi connectivity index (χ2n) is 0. The minimum absolute atomic E-state index is 0. The molecule has 0 saturated heterocycles. The second-order valence-corrected chi connectivity index (χ2v) is 0. The Bertz CT molecular complexity index is 16.3. The first-order valence-corrected chi connectivity index (χ1v) is 0.258. The van der Waals surface area contributed by atoms with Crippen LogP contribution in [0.4, 0.5) is 0 Å². The number of rotatable bonds is 0. The molecule has 14 valence electrons. The van der Waals surface area contributed by atoms with Crippen molar-refractivity contribution in [2.45, 2.75) is 0 Å². The molecule has 0 radical (unpaired) electrons. The van der Waals surface area contributed by atoms with Gasteiger partial charge in [-0.15, -0.1) is 0 Å². The predicted molar refractivity (Wildman–Crippen MR) is 8.89 cm³/mol. The monoisotopic (exact) mass is 75.0 g/mol. The Morgan fingerprint density at radius 3 is 1.25 bits per heavy atom. The first-order chi connectivity index (χ1) is 1.00. The molecule has 0 bridgehead atoms. The summed E-state index contributed by atoms with van der Waals surface area (Å²) in [6, 6.07) is 0. The van der Waals surface area contributed by atoms with Crippen molar-refractivity contribution in [3.05, 3.63) is 0 Å². The van der Waals surface area contributed by atoms with Gasteiger partial charge in [-0.2, -0.15) is 0 Å². The maximum Gasteiger partial charge on any atom is 1.00 e. The molecule has 0 aliphatic carbocycles. The normalized spacial score (nSPS) is 0.500. The molecule has 4 heavy (non-hydrogen) atoms. The predicted octanol–water partition coefficient (Wildman–Crippen LogP) is -5.63. The van der Waals surface area contributed by atoms with E-state index in [0.717, 1.165) is 0 Å². The summed E-state index contributed by atoms with van der Waals surface area (Å²) in [5, 5.41) is 6.50. The van der Waals surface area contributed by atoms with Gasteiger partial charge in [0.05, 0.1) is 0 Å². The molecule has 0 fully saturated rings. The Balaban J connectivity index is -0.000000000833. The molecule has 0 saturated carbocycles. The molecule has 0 amide bonds. The molecule has 0 unspecified atom stereocenters. The molecule has 0 aliphatic heterocycles. The van der Waals surface area contributed by atoms with Crippen LogP contribution in [0.1, 0.15) is 2.85 Å². The fraction of sp³-hybridized carbons (Fsp3) is 0. The van der Waals surface area contributed by atoms with E-state index in [-0.39, 0.29) is 62.0 Å². The third kappa shape index (κ3) is 9.75. The summed E-state index contributed by atoms with van der Waals surface area (Å²) in [5.41, 5.74) is 0. The molecule has 0 spiro atoms. The summed E-state index contributed by atoms with van der Waals surface area (Å²) >= 11 is 0. The fourth-order valence-corrected chi connectivity index (χ4v) is 0. The van der Waals surface area contributed by atoms with Gasteiger partial charge in [0, 0.05) is 6.57 Å². The molecular weight excluding hydrogens is 72.0 g/mol. The van der Waals surface area contributed by atoms with Crippen molar-refractivity contribution in [2.75, 3.05) is 0 Å². The van der Waals surface area contributed by atoms with Crippen LogP contribution in [0.2, 0.25) is 0 Å². The van der Waals surface area contributed by atoms with Crippen molar-refractivity contribution in [1.29, 1.82) is 5.26 Å². The Morgan fingerprint density at radius 1 is 1.25 bits per heavy atom. The van der Waals surface area contributed by atoms with Gasteiger partial charge < -0.3 is 2.85 Å². The van der Waals surface area contributed by atoms with Gasteiger partial charge in [-0.05, 0) is 0 Å². The molecular formula is CH3NNa2.